The molecule has 0 atom stereocenters. The molecule has 2 aromatic rings. The monoisotopic (exact) mass is 306 g/mol. The maximum Gasteiger partial charge on any atom is 0.339 e. The van der Waals surface area contributed by atoms with Gasteiger partial charge in [-0.3, -0.25) is 4.79 Å². The Morgan fingerprint density at radius 2 is 1.67 bits per heavy atom. The summed E-state index contributed by atoms with van der Waals surface area (Å²) in [6, 6.07) is 12.1. The molecule has 0 unspecified atom stereocenters. The Labute approximate surface area is 123 Å². The van der Waals surface area contributed by atoms with Gasteiger partial charge in [-0.05, 0) is 37.3 Å². The van der Waals surface area contributed by atoms with Gasteiger partial charge in [-0.15, -0.1) is 0 Å². The summed E-state index contributed by atoms with van der Waals surface area (Å²) >= 11 is 0. The normalized spacial score (nSPS) is 11.0. The fourth-order valence-electron chi connectivity index (χ4n) is 1.71. The van der Waals surface area contributed by atoms with E-state index >= 15 is 0 Å². The number of benzene rings is 2. The molecule has 0 aliphatic carbocycles. The summed E-state index contributed by atoms with van der Waals surface area (Å²) in [7, 11) is -2.57. The maximum absolute atomic E-state index is 12.1. The summed E-state index contributed by atoms with van der Waals surface area (Å²) < 4.78 is 34.4. The lowest BCUT2D eigenvalue weighted by atomic mass is 10.1. The highest BCUT2D eigenvalue weighted by molar-refractivity contribution is 7.87. The molecule has 0 heterocycles. The summed E-state index contributed by atoms with van der Waals surface area (Å²) in [5.74, 6) is 0.0688. The first-order valence-electron chi connectivity index (χ1n) is 6.12. The lowest BCUT2D eigenvalue weighted by Crippen LogP contribution is -2.10. The molecule has 2 rings (SSSR count). The molecule has 0 N–H and O–H groups in total. The van der Waals surface area contributed by atoms with Gasteiger partial charge in [0.2, 0.25) is 0 Å². The Hall–Kier alpha value is -2.34. The molecule has 21 heavy (non-hydrogen) atoms. The quantitative estimate of drug-likeness (QED) is 0.627. The number of carbonyl (C=O) groups is 1. The number of hydrogen-bond acceptors (Lipinski definition) is 5. The summed E-state index contributed by atoms with van der Waals surface area (Å²) in [6.07, 6.45) is 0. The minimum atomic E-state index is -3.94. The van der Waals surface area contributed by atoms with Crippen LogP contribution in [0.4, 0.5) is 0 Å². The van der Waals surface area contributed by atoms with Gasteiger partial charge in [-0.2, -0.15) is 8.42 Å². The fourth-order valence-corrected chi connectivity index (χ4v) is 2.67. The zero-order valence-electron chi connectivity index (χ0n) is 11.6. The highest BCUT2D eigenvalue weighted by Crippen LogP contribution is 2.30. The van der Waals surface area contributed by atoms with E-state index in [0.29, 0.717) is 5.56 Å². The van der Waals surface area contributed by atoms with Gasteiger partial charge in [0.25, 0.3) is 0 Å². The van der Waals surface area contributed by atoms with Crippen molar-refractivity contribution >= 4 is 15.9 Å². The van der Waals surface area contributed by atoms with E-state index in [-0.39, 0.29) is 22.2 Å². The number of rotatable bonds is 5. The second-order valence-electron chi connectivity index (χ2n) is 4.27. The van der Waals surface area contributed by atoms with Crippen LogP contribution in [0.1, 0.15) is 17.3 Å². The molecule has 0 saturated carbocycles. The van der Waals surface area contributed by atoms with Gasteiger partial charge < -0.3 is 8.92 Å². The molecule has 0 fully saturated rings. The van der Waals surface area contributed by atoms with Crippen molar-refractivity contribution in [3.63, 3.8) is 0 Å². The Bertz CT molecular complexity index is 751. The molecule has 0 saturated heterocycles. The van der Waals surface area contributed by atoms with Gasteiger partial charge in [0, 0.05) is 5.56 Å². The molecule has 110 valence electrons. The standard InChI is InChI=1S/C15H14O5S/c1-11(16)12-8-9-14(15(10-12)19-2)20-21(17,18)13-6-4-3-5-7-13/h3-10H,1-2H3. The number of hydrogen-bond donors (Lipinski definition) is 0. The van der Waals surface area contributed by atoms with Gasteiger partial charge in [0.15, 0.2) is 17.3 Å². The molecule has 0 bridgehead atoms. The van der Waals surface area contributed by atoms with Crippen molar-refractivity contribution in [1.29, 1.82) is 0 Å². The van der Waals surface area contributed by atoms with E-state index in [1.54, 1.807) is 18.2 Å². The van der Waals surface area contributed by atoms with Crippen LogP contribution < -0.4 is 8.92 Å². The number of carbonyl (C=O) groups excluding carboxylic acids is 1. The topological polar surface area (TPSA) is 69.7 Å². The average molecular weight is 306 g/mol. The van der Waals surface area contributed by atoms with Gasteiger partial charge in [0.1, 0.15) is 4.90 Å². The Balaban J connectivity index is 2.38. The molecule has 5 nitrogen and oxygen atoms in total. The van der Waals surface area contributed by atoms with E-state index in [2.05, 4.69) is 0 Å². The molecule has 6 heteroatoms. The van der Waals surface area contributed by atoms with Gasteiger partial charge in [0.05, 0.1) is 7.11 Å². The minimum absolute atomic E-state index is 0.0337. The van der Waals surface area contributed by atoms with E-state index in [0.717, 1.165) is 0 Å². The van der Waals surface area contributed by atoms with E-state index in [1.807, 2.05) is 0 Å². The van der Waals surface area contributed by atoms with E-state index in [1.165, 1.54) is 44.4 Å². The predicted molar refractivity (Wildman–Crippen MR) is 77.3 cm³/mol. The molecule has 0 spiro atoms. The highest BCUT2D eigenvalue weighted by atomic mass is 32.2. The van der Waals surface area contributed by atoms with Crippen LogP contribution in [0, 0.1) is 0 Å². The van der Waals surface area contributed by atoms with Crippen LogP contribution in [0.25, 0.3) is 0 Å². The van der Waals surface area contributed by atoms with Crippen LogP contribution in [0.2, 0.25) is 0 Å². The van der Waals surface area contributed by atoms with E-state index in [9.17, 15) is 13.2 Å². The van der Waals surface area contributed by atoms with Crippen molar-refractivity contribution in [2.24, 2.45) is 0 Å². The summed E-state index contributed by atoms with van der Waals surface area (Å²) in [5, 5.41) is 0. The van der Waals surface area contributed by atoms with Crippen LogP contribution in [0.15, 0.2) is 53.4 Å². The number of methoxy groups -OCH3 is 1. The van der Waals surface area contributed by atoms with Gasteiger partial charge in [-0.25, -0.2) is 0 Å². The Kier molecular flexibility index (Phi) is 4.28. The van der Waals surface area contributed by atoms with Crippen LogP contribution in [0.5, 0.6) is 11.5 Å². The van der Waals surface area contributed by atoms with Crippen molar-refractivity contribution in [2.75, 3.05) is 7.11 Å². The predicted octanol–water partition coefficient (Wildman–Crippen LogP) is 2.67. The SMILES string of the molecule is COc1cc(C(C)=O)ccc1OS(=O)(=O)c1ccccc1. The third-order valence-electron chi connectivity index (χ3n) is 2.80. The molecule has 2 aromatic carbocycles. The highest BCUT2D eigenvalue weighted by Gasteiger charge is 2.19. The lowest BCUT2D eigenvalue weighted by molar-refractivity contribution is 0.101. The zero-order valence-corrected chi connectivity index (χ0v) is 12.4. The summed E-state index contributed by atoms with van der Waals surface area (Å²) in [4.78, 5) is 11.4. The average Bonchev–Trinajstić information content (AvgIpc) is 2.48. The second-order valence-corrected chi connectivity index (χ2v) is 5.82. The maximum atomic E-state index is 12.1. The van der Waals surface area contributed by atoms with E-state index in [4.69, 9.17) is 8.92 Å². The molecular weight excluding hydrogens is 292 g/mol. The number of ketones is 1. The first-order valence-corrected chi connectivity index (χ1v) is 7.53. The van der Waals surface area contributed by atoms with Gasteiger partial charge >= 0.3 is 10.1 Å². The fraction of sp³-hybridized carbons (Fsp3) is 0.133. The molecule has 0 amide bonds. The van der Waals surface area contributed by atoms with Crippen molar-refractivity contribution in [3.8, 4) is 11.5 Å². The van der Waals surface area contributed by atoms with Crippen molar-refractivity contribution in [3.05, 3.63) is 54.1 Å². The lowest BCUT2D eigenvalue weighted by Gasteiger charge is -2.11. The van der Waals surface area contributed by atoms with Crippen molar-refractivity contribution in [2.45, 2.75) is 11.8 Å². The first kappa shape index (κ1) is 15.1. The molecular formula is C15H14O5S. The van der Waals surface area contributed by atoms with Crippen LogP contribution in [0.3, 0.4) is 0 Å². The summed E-state index contributed by atoms with van der Waals surface area (Å²) in [6.45, 7) is 1.41. The first-order chi connectivity index (χ1) is 9.94. The third-order valence-corrected chi connectivity index (χ3v) is 4.05. The van der Waals surface area contributed by atoms with Crippen molar-refractivity contribution < 1.29 is 22.1 Å². The molecule has 0 aliphatic heterocycles. The van der Waals surface area contributed by atoms with Crippen LogP contribution >= 0.6 is 0 Å². The van der Waals surface area contributed by atoms with Crippen molar-refractivity contribution in [1.82, 2.24) is 0 Å². The number of ether oxygens (including phenoxy) is 1. The largest absolute Gasteiger partial charge is 0.493 e. The molecule has 0 aromatic heterocycles. The molecule has 0 aliphatic rings. The second kappa shape index (κ2) is 5.97. The minimum Gasteiger partial charge on any atom is -0.493 e. The Morgan fingerprint density at radius 1 is 1.00 bits per heavy atom. The van der Waals surface area contributed by atoms with Crippen LogP contribution in [-0.4, -0.2) is 21.3 Å². The number of Topliss-reactive ketones (excluding diaryl/α,β-unsaturated/α-hetero) is 1. The van der Waals surface area contributed by atoms with Crippen LogP contribution in [-0.2, 0) is 10.1 Å². The van der Waals surface area contributed by atoms with E-state index < -0.39 is 10.1 Å². The third kappa shape index (κ3) is 3.41. The van der Waals surface area contributed by atoms with Gasteiger partial charge in [-0.1, -0.05) is 18.2 Å². The smallest absolute Gasteiger partial charge is 0.339 e. The molecule has 0 radical (unpaired) electrons. The Morgan fingerprint density at radius 3 is 2.24 bits per heavy atom. The summed E-state index contributed by atoms with van der Waals surface area (Å²) in [5.41, 5.74) is 0.413. The zero-order chi connectivity index (χ0) is 15.5.